The summed E-state index contributed by atoms with van der Waals surface area (Å²) in [4.78, 5) is 11.9. The summed E-state index contributed by atoms with van der Waals surface area (Å²) in [5.74, 6) is 1.35. The highest BCUT2D eigenvalue weighted by atomic mass is 127. The van der Waals surface area contributed by atoms with Crippen molar-refractivity contribution in [2.75, 3.05) is 7.11 Å². The number of hydrogen-bond donors (Lipinski definition) is 1. The summed E-state index contributed by atoms with van der Waals surface area (Å²) >= 11 is 2.08. The van der Waals surface area contributed by atoms with Gasteiger partial charge in [-0.05, 0) is 71.8 Å². The van der Waals surface area contributed by atoms with E-state index in [1.54, 1.807) is 13.2 Å². The summed E-state index contributed by atoms with van der Waals surface area (Å²) in [6.45, 7) is 1.97. The molecule has 0 spiro atoms. The van der Waals surface area contributed by atoms with Crippen LogP contribution in [0.25, 0.3) is 6.08 Å². The molecule has 4 nitrogen and oxygen atoms in total. The number of carbonyl (C=O) groups excluding carboxylic acids is 1. The fraction of sp³-hybridized carbons (Fsp3) is 0.235. The van der Waals surface area contributed by atoms with Crippen LogP contribution in [0.3, 0.4) is 0 Å². The monoisotopic (exact) mass is 411 g/mol. The van der Waals surface area contributed by atoms with E-state index in [2.05, 4.69) is 27.9 Å². The first kappa shape index (κ1) is 16.6. The van der Waals surface area contributed by atoms with Crippen molar-refractivity contribution < 1.29 is 13.9 Å². The van der Waals surface area contributed by atoms with Crippen LogP contribution in [0, 0.1) is 3.77 Å². The minimum Gasteiger partial charge on any atom is -0.497 e. The van der Waals surface area contributed by atoms with E-state index in [1.807, 2.05) is 43.3 Å². The van der Waals surface area contributed by atoms with Crippen molar-refractivity contribution in [2.45, 2.75) is 19.4 Å². The van der Waals surface area contributed by atoms with Crippen LogP contribution in [0.15, 0.2) is 46.9 Å². The Morgan fingerprint density at radius 1 is 1.41 bits per heavy atom. The Morgan fingerprint density at radius 3 is 2.91 bits per heavy atom. The van der Waals surface area contributed by atoms with Gasteiger partial charge in [-0.25, -0.2) is 0 Å². The summed E-state index contributed by atoms with van der Waals surface area (Å²) in [5.41, 5.74) is 1.12. The molecule has 0 aliphatic carbocycles. The van der Waals surface area contributed by atoms with Crippen LogP contribution in [0.1, 0.15) is 18.2 Å². The number of rotatable bonds is 6. The highest BCUT2D eigenvalue weighted by molar-refractivity contribution is 14.1. The van der Waals surface area contributed by atoms with Gasteiger partial charge >= 0.3 is 0 Å². The molecule has 2 aromatic rings. The maximum atomic E-state index is 11.9. The second kappa shape index (κ2) is 8.03. The predicted molar refractivity (Wildman–Crippen MR) is 94.8 cm³/mol. The molecular weight excluding hydrogens is 393 g/mol. The van der Waals surface area contributed by atoms with E-state index in [4.69, 9.17) is 9.15 Å². The Morgan fingerprint density at radius 2 is 2.23 bits per heavy atom. The number of halogens is 1. The van der Waals surface area contributed by atoms with E-state index in [0.29, 0.717) is 5.76 Å². The van der Waals surface area contributed by atoms with Gasteiger partial charge in [0.25, 0.3) is 0 Å². The molecule has 0 bridgehead atoms. The van der Waals surface area contributed by atoms with Crippen molar-refractivity contribution in [2.24, 2.45) is 0 Å². The molecule has 1 heterocycles. The highest BCUT2D eigenvalue weighted by Gasteiger charge is 2.07. The number of carbonyl (C=O) groups is 1. The Bertz CT molecular complexity index is 663. The number of hydrogen-bond acceptors (Lipinski definition) is 3. The lowest BCUT2D eigenvalue weighted by atomic mass is 10.1. The van der Waals surface area contributed by atoms with Gasteiger partial charge in [0.2, 0.25) is 5.91 Å². The molecule has 1 atom stereocenters. The third kappa shape index (κ3) is 5.22. The lowest BCUT2D eigenvalue weighted by Crippen LogP contribution is -2.32. The third-order valence-corrected chi connectivity index (χ3v) is 3.64. The number of benzene rings is 1. The molecule has 0 radical (unpaired) electrons. The number of amides is 1. The fourth-order valence-electron chi connectivity index (χ4n) is 2.07. The average molecular weight is 411 g/mol. The first-order valence-electron chi connectivity index (χ1n) is 6.93. The maximum Gasteiger partial charge on any atom is 0.244 e. The average Bonchev–Trinajstić information content (AvgIpc) is 2.91. The van der Waals surface area contributed by atoms with Crippen LogP contribution < -0.4 is 10.1 Å². The van der Waals surface area contributed by atoms with Crippen molar-refractivity contribution >= 4 is 34.6 Å². The minimum absolute atomic E-state index is 0.0287. The van der Waals surface area contributed by atoms with Crippen molar-refractivity contribution in [1.82, 2.24) is 5.32 Å². The van der Waals surface area contributed by atoms with Gasteiger partial charge in [-0.1, -0.05) is 12.1 Å². The SMILES string of the molecule is COc1cccc(CC(C)NC(=O)/C=C/c2ccc(I)o2)c1. The van der Waals surface area contributed by atoms with Gasteiger partial charge in [0.05, 0.1) is 7.11 Å². The van der Waals surface area contributed by atoms with E-state index in [1.165, 1.54) is 6.08 Å². The molecular formula is C17H18INO3. The lowest BCUT2D eigenvalue weighted by molar-refractivity contribution is -0.117. The number of methoxy groups -OCH3 is 1. The maximum absolute atomic E-state index is 11.9. The normalized spacial score (nSPS) is 12.3. The van der Waals surface area contributed by atoms with Crippen molar-refractivity contribution in [3.63, 3.8) is 0 Å². The van der Waals surface area contributed by atoms with Crippen molar-refractivity contribution in [3.8, 4) is 5.75 Å². The predicted octanol–water partition coefficient (Wildman–Crippen LogP) is 3.65. The van der Waals surface area contributed by atoms with Crippen LogP contribution in [0.2, 0.25) is 0 Å². The van der Waals surface area contributed by atoms with Crippen LogP contribution in [-0.2, 0) is 11.2 Å². The zero-order valence-electron chi connectivity index (χ0n) is 12.5. The molecule has 0 saturated heterocycles. The highest BCUT2D eigenvalue weighted by Crippen LogP contribution is 2.14. The first-order valence-corrected chi connectivity index (χ1v) is 8.01. The quantitative estimate of drug-likeness (QED) is 0.583. The van der Waals surface area contributed by atoms with E-state index in [0.717, 1.165) is 21.5 Å². The summed E-state index contributed by atoms with van der Waals surface area (Å²) in [7, 11) is 1.64. The van der Waals surface area contributed by atoms with E-state index in [-0.39, 0.29) is 11.9 Å². The van der Waals surface area contributed by atoms with Gasteiger partial charge in [-0.3, -0.25) is 4.79 Å². The Hall–Kier alpha value is -1.76. The van der Waals surface area contributed by atoms with E-state index in [9.17, 15) is 4.79 Å². The van der Waals surface area contributed by atoms with Gasteiger partial charge in [-0.2, -0.15) is 0 Å². The van der Waals surface area contributed by atoms with E-state index < -0.39 is 0 Å². The largest absolute Gasteiger partial charge is 0.497 e. The topological polar surface area (TPSA) is 51.5 Å². The summed E-state index contributed by atoms with van der Waals surface area (Å²) in [5, 5.41) is 2.93. The van der Waals surface area contributed by atoms with Crippen LogP contribution >= 0.6 is 22.6 Å². The zero-order valence-corrected chi connectivity index (χ0v) is 14.7. The second-order valence-electron chi connectivity index (χ2n) is 4.94. The van der Waals surface area contributed by atoms with Gasteiger partial charge in [-0.15, -0.1) is 0 Å². The number of ether oxygens (including phenoxy) is 1. The standard InChI is InChI=1S/C17H18INO3/c1-12(10-13-4-3-5-15(11-13)21-2)19-17(20)9-7-14-6-8-16(18)22-14/h3-9,11-12H,10H2,1-2H3,(H,19,20)/b9-7+. The Labute approximate surface area is 143 Å². The van der Waals surface area contributed by atoms with Crippen LogP contribution in [0.5, 0.6) is 5.75 Å². The molecule has 1 unspecified atom stereocenters. The molecule has 22 heavy (non-hydrogen) atoms. The molecule has 0 aliphatic heterocycles. The molecule has 0 fully saturated rings. The fourth-order valence-corrected chi connectivity index (χ4v) is 2.50. The molecule has 116 valence electrons. The Kier molecular flexibility index (Phi) is 6.06. The number of nitrogens with one attached hydrogen (secondary N) is 1. The minimum atomic E-state index is -0.137. The van der Waals surface area contributed by atoms with Crippen molar-refractivity contribution in [1.29, 1.82) is 0 Å². The van der Waals surface area contributed by atoms with Gasteiger partial charge in [0.1, 0.15) is 11.5 Å². The van der Waals surface area contributed by atoms with Gasteiger partial charge in [0, 0.05) is 12.1 Å². The number of furan rings is 1. The molecule has 0 aliphatic rings. The second-order valence-corrected chi connectivity index (χ2v) is 6.00. The van der Waals surface area contributed by atoms with Crippen LogP contribution in [-0.4, -0.2) is 19.1 Å². The van der Waals surface area contributed by atoms with Crippen molar-refractivity contribution in [3.05, 3.63) is 57.6 Å². The molecule has 0 saturated carbocycles. The Balaban J connectivity index is 1.86. The molecule has 1 aromatic heterocycles. The zero-order chi connectivity index (χ0) is 15.9. The van der Waals surface area contributed by atoms with Gasteiger partial charge < -0.3 is 14.5 Å². The lowest BCUT2D eigenvalue weighted by Gasteiger charge is -2.13. The first-order chi connectivity index (χ1) is 10.6. The summed E-state index contributed by atoms with van der Waals surface area (Å²) in [6.07, 6.45) is 3.89. The van der Waals surface area contributed by atoms with Crippen LogP contribution in [0.4, 0.5) is 0 Å². The molecule has 1 aromatic carbocycles. The van der Waals surface area contributed by atoms with Gasteiger partial charge in [0.15, 0.2) is 3.77 Å². The third-order valence-electron chi connectivity index (χ3n) is 3.06. The summed E-state index contributed by atoms with van der Waals surface area (Å²) < 4.78 is 11.4. The van der Waals surface area contributed by atoms with E-state index >= 15 is 0 Å². The molecule has 1 amide bonds. The smallest absolute Gasteiger partial charge is 0.244 e. The summed E-state index contributed by atoms with van der Waals surface area (Å²) in [6, 6.07) is 11.5. The molecule has 5 heteroatoms. The molecule has 1 N–H and O–H groups in total. The molecule has 2 rings (SSSR count).